The van der Waals surface area contributed by atoms with Crippen molar-refractivity contribution < 1.29 is 0 Å². The van der Waals surface area contributed by atoms with Crippen LogP contribution >= 0.6 is 11.6 Å². The Hall–Kier alpha value is -1.59. The van der Waals surface area contributed by atoms with E-state index >= 15 is 0 Å². The molecule has 2 N–H and O–H groups in total. The number of nitrogens with two attached hydrogens (primary N) is 1. The van der Waals surface area contributed by atoms with Gasteiger partial charge in [-0.05, 0) is 24.6 Å². The number of fused-ring (bicyclic) bond motifs is 1. The van der Waals surface area contributed by atoms with Crippen LogP contribution < -0.4 is 10.6 Å². The van der Waals surface area contributed by atoms with Crippen LogP contribution in [0.1, 0.15) is 24.4 Å². The fourth-order valence-corrected chi connectivity index (χ4v) is 2.64. The average molecular weight is 278 g/mol. The summed E-state index contributed by atoms with van der Waals surface area (Å²) in [5, 5.41) is 8.78. The molecule has 0 radical (unpaired) electrons. The van der Waals surface area contributed by atoms with Crippen molar-refractivity contribution in [1.29, 1.82) is 0 Å². The summed E-state index contributed by atoms with van der Waals surface area (Å²) in [5.74, 6) is 0.971. The molecule has 5 nitrogen and oxygen atoms in total. The van der Waals surface area contributed by atoms with Crippen molar-refractivity contribution in [3.8, 4) is 0 Å². The molecule has 1 atom stereocenters. The van der Waals surface area contributed by atoms with Crippen LogP contribution in [0.4, 0.5) is 5.69 Å². The summed E-state index contributed by atoms with van der Waals surface area (Å²) in [7, 11) is 0. The van der Waals surface area contributed by atoms with Crippen LogP contribution in [-0.4, -0.2) is 21.3 Å². The highest BCUT2D eigenvalue weighted by Gasteiger charge is 2.19. The van der Waals surface area contributed by atoms with E-state index in [0.717, 1.165) is 41.7 Å². The van der Waals surface area contributed by atoms with Gasteiger partial charge >= 0.3 is 0 Å². The Balaban J connectivity index is 1.88. The molecule has 6 heteroatoms. The number of hydrogen-bond acceptors (Lipinski definition) is 4. The van der Waals surface area contributed by atoms with Gasteiger partial charge in [-0.15, -0.1) is 10.2 Å². The van der Waals surface area contributed by atoms with Gasteiger partial charge in [0.2, 0.25) is 0 Å². The summed E-state index contributed by atoms with van der Waals surface area (Å²) in [6.07, 6.45) is 1.77. The first-order valence-electron chi connectivity index (χ1n) is 6.32. The van der Waals surface area contributed by atoms with E-state index < -0.39 is 0 Å². The van der Waals surface area contributed by atoms with E-state index in [-0.39, 0.29) is 6.04 Å². The topological polar surface area (TPSA) is 60.0 Å². The van der Waals surface area contributed by atoms with Gasteiger partial charge in [-0.3, -0.25) is 0 Å². The molecular weight excluding hydrogens is 262 g/mol. The van der Waals surface area contributed by atoms with Crippen LogP contribution in [0.5, 0.6) is 0 Å². The molecule has 1 aromatic carbocycles. The molecule has 0 fully saturated rings. The Morgan fingerprint density at radius 3 is 2.95 bits per heavy atom. The predicted octanol–water partition coefficient (Wildman–Crippen LogP) is 1.97. The van der Waals surface area contributed by atoms with Gasteiger partial charge in [0, 0.05) is 19.1 Å². The van der Waals surface area contributed by atoms with E-state index in [1.807, 2.05) is 25.1 Å². The Kier molecular flexibility index (Phi) is 3.16. The Morgan fingerprint density at radius 2 is 2.21 bits per heavy atom. The fraction of sp³-hybridized carbons (Fsp3) is 0.385. The lowest BCUT2D eigenvalue weighted by Crippen LogP contribution is -2.33. The molecule has 3 rings (SSSR count). The maximum Gasteiger partial charge on any atom is 0.152 e. The van der Waals surface area contributed by atoms with Crippen LogP contribution in [0.25, 0.3) is 0 Å². The summed E-state index contributed by atoms with van der Waals surface area (Å²) >= 11 is 6.37. The molecule has 0 amide bonds. The SMILES string of the molecule is C[C@H](N)c1ccc(N2CCn3cnnc3C2)c(Cl)c1. The number of benzene rings is 1. The van der Waals surface area contributed by atoms with E-state index in [4.69, 9.17) is 17.3 Å². The standard InChI is InChI=1S/C13H16ClN5/c1-9(15)10-2-3-12(11(14)6-10)18-4-5-19-8-16-17-13(19)7-18/h2-3,6,8-9H,4-5,7,15H2,1H3/t9-/m0/s1. The number of anilines is 1. The first-order chi connectivity index (χ1) is 9.15. The monoisotopic (exact) mass is 277 g/mol. The quantitative estimate of drug-likeness (QED) is 0.912. The smallest absolute Gasteiger partial charge is 0.152 e. The van der Waals surface area contributed by atoms with E-state index in [1.165, 1.54) is 0 Å². The lowest BCUT2D eigenvalue weighted by molar-refractivity contribution is 0.560. The predicted molar refractivity (Wildman–Crippen MR) is 75.1 cm³/mol. The Labute approximate surface area is 117 Å². The summed E-state index contributed by atoms with van der Waals surface area (Å²) in [5.41, 5.74) is 7.94. The van der Waals surface area contributed by atoms with Crippen LogP contribution in [0, 0.1) is 0 Å². The van der Waals surface area contributed by atoms with Crippen molar-refractivity contribution in [1.82, 2.24) is 14.8 Å². The summed E-state index contributed by atoms with van der Waals surface area (Å²) in [6.45, 7) is 4.47. The second kappa shape index (κ2) is 4.83. The van der Waals surface area contributed by atoms with Crippen LogP contribution in [0.15, 0.2) is 24.5 Å². The molecule has 2 heterocycles. The Morgan fingerprint density at radius 1 is 1.37 bits per heavy atom. The number of nitrogens with zero attached hydrogens (tertiary/aromatic N) is 4. The maximum atomic E-state index is 6.37. The van der Waals surface area contributed by atoms with Gasteiger partial charge in [-0.25, -0.2) is 0 Å². The minimum absolute atomic E-state index is 0.00370. The zero-order valence-electron chi connectivity index (χ0n) is 10.8. The molecule has 1 aliphatic rings. The van der Waals surface area contributed by atoms with Crippen LogP contribution in [0.2, 0.25) is 5.02 Å². The molecule has 0 saturated carbocycles. The second-order valence-electron chi connectivity index (χ2n) is 4.86. The van der Waals surface area contributed by atoms with Gasteiger partial charge in [0.05, 0.1) is 17.3 Å². The third-order valence-electron chi connectivity index (χ3n) is 3.48. The highest BCUT2D eigenvalue weighted by molar-refractivity contribution is 6.33. The lowest BCUT2D eigenvalue weighted by atomic mass is 10.1. The highest BCUT2D eigenvalue weighted by Crippen LogP contribution is 2.30. The summed E-state index contributed by atoms with van der Waals surface area (Å²) in [6, 6.07) is 6.01. The Bertz CT molecular complexity index is 592. The molecule has 2 aromatic rings. The van der Waals surface area contributed by atoms with Crippen molar-refractivity contribution in [2.24, 2.45) is 5.73 Å². The average Bonchev–Trinajstić information content (AvgIpc) is 2.85. The minimum atomic E-state index is -0.00370. The normalized spacial score (nSPS) is 16.3. The first kappa shape index (κ1) is 12.4. The lowest BCUT2D eigenvalue weighted by Gasteiger charge is -2.30. The molecule has 0 saturated heterocycles. The van der Waals surface area contributed by atoms with Crippen molar-refractivity contribution in [3.63, 3.8) is 0 Å². The van der Waals surface area contributed by atoms with Gasteiger partial charge in [-0.1, -0.05) is 17.7 Å². The minimum Gasteiger partial charge on any atom is -0.361 e. The molecule has 0 unspecified atom stereocenters. The number of aromatic nitrogens is 3. The zero-order chi connectivity index (χ0) is 13.4. The van der Waals surface area contributed by atoms with Gasteiger partial charge in [0.25, 0.3) is 0 Å². The zero-order valence-corrected chi connectivity index (χ0v) is 11.5. The van der Waals surface area contributed by atoms with E-state index in [0.29, 0.717) is 0 Å². The van der Waals surface area contributed by atoms with Gasteiger partial charge in [-0.2, -0.15) is 0 Å². The third-order valence-corrected chi connectivity index (χ3v) is 3.78. The molecule has 100 valence electrons. The maximum absolute atomic E-state index is 6.37. The van der Waals surface area contributed by atoms with E-state index in [1.54, 1.807) is 6.33 Å². The van der Waals surface area contributed by atoms with E-state index in [9.17, 15) is 0 Å². The van der Waals surface area contributed by atoms with Gasteiger partial charge < -0.3 is 15.2 Å². The van der Waals surface area contributed by atoms with Crippen molar-refractivity contribution in [2.75, 3.05) is 11.4 Å². The van der Waals surface area contributed by atoms with Gasteiger partial charge in [0.1, 0.15) is 6.33 Å². The second-order valence-corrected chi connectivity index (χ2v) is 5.27. The molecule has 1 aromatic heterocycles. The van der Waals surface area contributed by atoms with Crippen LogP contribution in [-0.2, 0) is 13.1 Å². The van der Waals surface area contributed by atoms with Crippen molar-refractivity contribution in [3.05, 3.63) is 40.9 Å². The molecule has 1 aliphatic heterocycles. The van der Waals surface area contributed by atoms with Crippen LogP contribution in [0.3, 0.4) is 0 Å². The molecular formula is C13H16ClN5. The summed E-state index contributed by atoms with van der Waals surface area (Å²) < 4.78 is 2.07. The van der Waals surface area contributed by atoms with Crippen molar-refractivity contribution in [2.45, 2.75) is 26.1 Å². The molecule has 19 heavy (non-hydrogen) atoms. The molecule has 0 spiro atoms. The van der Waals surface area contributed by atoms with Crippen molar-refractivity contribution >= 4 is 17.3 Å². The van der Waals surface area contributed by atoms with E-state index in [2.05, 4.69) is 19.7 Å². The van der Waals surface area contributed by atoms with Gasteiger partial charge in [0.15, 0.2) is 5.82 Å². The third kappa shape index (κ3) is 2.31. The molecule has 0 aliphatic carbocycles. The number of halogens is 1. The summed E-state index contributed by atoms with van der Waals surface area (Å²) in [4.78, 5) is 2.22. The fourth-order valence-electron chi connectivity index (χ4n) is 2.33. The molecule has 0 bridgehead atoms. The highest BCUT2D eigenvalue weighted by atomic mass is 35.5. The number of hydrogen-bond donors (Lipinski definition) is 1. The largest absolute Gasteiger partial charge is 0.361 e. The number of rotatable bonds is 2. The first-order valence-corrected chi connectivity index (χ1v) is 6.69.